The van der Waals surface area contributed by atoms with Crippen LogP contribution in [0.3, 0.4) is 0 Å². The van der Waals surface area contributed by atoms with Gasteiger partial charge in [0, 0.05) is 17.8 Å². The lowest BCUT2D eigenvalue weighted by molar-refractivity contribution is 0.129. The Labute approximate surface area is 155 Å². The molecule has 3 rings (SSSR count). The number of nitrogens with one attached hydrogen (secondary N) is 2. The molecule has 1 fully saturated rings. The van der Waals surface area contributed by atoms with Crippen LogP contribution in [0, 0.1) is 0 Å². The van der Waals surface area contributed by atoms with E-state index >= 15 is 0 Å². The maximum atomic E-state index is 11.8. The second-order valence-electron chi connectivity index (χ2n) is 6.00. The molecule has 3 N–H and O–H groups in total. The van der Waals surface area contributed by atoms with Crippen LogP contribution in [0.25, 0.3) is 0 Å². The van der Waals surface area contributed by atoms with Gasteiger partial charge in [-0.2, -0.15) is 0 Å². The number of anilines is 1. The minimum atomic E-state index is -0.414. The third-order valence-electron chi connectivity index (χ3n) is 4.06. The maximum absolute atomic E-state index is 11.8. The number of carbonyl (C=O) groups is 1. The number of phenols is 1. The van der Waals surface area contributed by atoms with Crippen molar-refractivity contribution >= 4 is 35.0 Å². The molecule has 0 radical (unpaired) electrons. The predicted molar refractivity (Wildman–Crippen MR) is 98.3 cm³/mol. The quantitative estimate of drug-likeness (QED) is 0.664. The Bertz CT molecular complexity index is 726. The summed E-state index contributed by atoms with van der Waals surface area (Å²) in [5.74, 6) is -0.122. The fourth-order valence-electron chi connectivity index (χ4n) is 2.67. The molecule has 2 aromatic carbocycles. The zero-order valence-electron chi connectivity index (χ0n) is 13.3. The van der Waals surface area contributed by atoms with E-state index in [0.29, 0.717) is 0 Å². The number of amides is 1. The number of hydrogen-bond donors (Lipinski definition) is 3. The standard InChI is InChI=1S/C18H18Cl2N2O3/c19-15-8-14(9-16(20)17(15)23)21-12-6-13(7-12)22-18(24)25-10-11-4-2-1-3-5-11/h1-5,8-9,12-13,21,23H,6-7,10H2,(H,22,24). The molecule has 5 nitrogen and oxygen atoms in total. The molecule has 0 bridgehead atoms. The highest BCUT2D eigenvalue weighted by Gasteiger charge is 2.30. The number of hydrogen-bond acceptors (Lipinski definition) is 4. The van der Waals surface area contributed by atoms with Gasteiger partial charge in [0.1, 0.15) is 6.61 Å². The van der Waals surface area contributed by atoms with E-state index in [-0.39, 0.29) is 34.5 Å². The number of carbonyl (C=O) groups excluding carboxylic acids is 1. The van der Waals surface area contributed by atoms with Gasteiger partial charge in [0.15, 0.2) is 5.75 Å². The Morgan fingerprint density at radius 1 is 1.12 bits per heavy atom. The van der Waals surface area contributed by atoms with Gasteiger partial charge in [-0.05, 0) is 30.5 Å². The average molecular weight is 381 g/mol. The van der Waals surface area contributed by atoms with Crippen molar-refractivity contribution in [2.75, 3.05) is 5.32 Å². The van der Waals surface area contributed by atoms with Gasteiger partial charge in [-0.15, -0.1) is 0 Å². The second kappa shape index (κ2) is 7.85. The van der Waals surface area contributed by atoms with E-state index in [9.17, 15) is 9.90 Å². The van der Waals surface area contributed by atoms with E-state index < -0.39 is 6.09 Å². The van der Waals surface area contributed by atoms with Crippen molar-refractivity contribution in [3.05, 3.63) is 58.1 Å². The molecule has 0 aliphatic heterocycles. The van der Waals surface area contributed by atoms with Crippen molar-refractivity contribution in [2.45, 2.75) is 31.5 Å². The smallest absolute Gasteiger partial charge is 0.407 e. The minimum absolute atomic E-state index is 0.0730. The Morgan fingerprint density at radius 3 is 2.40 bits per heavy atom. The van der Waals surface area contributed by atoms with Crippen LogP contribution in [0.5, 0.6) is 5.75 Å². The molecule has 1 amide bonds. The molecule has 1 aliphatic rings. The molecule has 0 atom stereocenters. The largest absolute Gasteiger partial charge is 0.505 e. The van der Waals surface area contributed by atoms with E-state index in [2.05, 4.69) is 10.6 Å². The summed E-state index contributed by atoms with van der Waals surface area (Å²) in [5, 5.41) is 16.1. The Hall–Kier alpha value is -2.11. The molecule has 0 unspecified atom stereocenters. The Kier molecular flexibility index (Phi) is 5.56. The zero-order valence-corrected chi connectivity index (χ0v) is 14.8. The van der Waals surface area contributed by atoms with Crippen molar-refractivity contribution in [1.29, 1.82) is 0 Å². The average Bonchev–Trinajstić information content (AvgIpc) is 2.57. The summed E-state index contributed by atoms with van der Waals surface area (Å²) in [6.45, 7) is 0.256. The van der Waals surface area contributed by atoms with Gasteiger partial charge in [0.2, 0.25) is 0 Å². The van der Waals surface area contributed by atoms with Gasteiger partial charge >= 0.3 is 6.09 Å². The van der Waals surface area contributed by atoms with Crippen LogP contribution in [0.2, 0.25) is 10.0 Å². The summed E-state index contributed by atoms with van der Waals surface area (Å²) in [6.07, 6.45) is 1.13. The van der Waals surface area contributed by atoms with Crippen molar-refractivity contribution in [3.63, 3.8) is 0 Å². The molecule has 0 saturated heterocycles. The van der Waals surface area contributed by atoms with Crippen LogP contribution >= 0.6 is 23.2 Å². The van der Waals surface area contributed by atoms with Gasteiger partial charge < -0.3 is 20.5 Å². The molecule has 1 saturated carbocycles. The fourth-order valence-corrected chi connectivity index (χ4v) is 3.16. The molecule has 1 aliphatic carbocycles. The monoisotopic (exact) mass is 380 g/mol. The van der Waals surface area contributed by atoms with E-state index in [1.807, 2.05) is 30.3 Å². The van der Waals surface area contributed by atoms with Crippen molar-refractivity contribution < 1.29 is 14.6 Å². The van der Waals surface area contributed by atoms with Gasteiger partial charge in [-0.3, -0.25) is 0 Å². The van der Waals surface area contributed by atoms with Crippen molar-refractivity contribution in [3.8, 4) is 5.75 Å². The van der Waals surface area contributed by atoms with Crippen molar-refractivity contribution in [2.24, 2.45) is 0 Å². The van der Waals surface area contributed by atoms with Crippen LogP contribution in [-0.4, -0.2) is 23.3 Å². The lowest BCUT2D eigenvalue weighted by Crippen LogP contribution is -2.49. The number of alkyl carbamates (subject to hydrolysis) is 1. The van der Waals surface area contributed by atoms with E-state index in [4.69, 9.17) is 27.9 Å². The van der Waals surface area contributed by atoms with E-state index in [1.54, 1.807) is 12.1 Å². The fraction of sp³-hybridized carbons (Fsp3) is 0.278. The van der Waals surface area contributed by atoms with Crippen LogP contribution in [-0.2, 0) is 11.3 Å². The summed E-state index contributed by atoms with van der Waals surface area (Å²) < 4.78 is 5.20. The molecule has 0 heterocycles. The summed E-state index contributed by atoms with van der Waals surface area (Å²) >= 11 is 11.8. The topological polar surface area (TPSA) is 70.6 Å². The van der Waals surface area contributed by atoms with Crippen molar-refractivity contribution in [1.82, 2.24) is 5.32 Å². The highest BCUT2D eigenvalue weighted by atomic mass is 35.5. The first kappa shape index (κ1) is 17.7. The first-order chi connectivity index (χ1) is 12.0. The number of aromatic hydroxyl groups is 1. The van der Waals surface area contributed by atoms with Gasteiger partial charge in [0.05, 0.1) is 10.0 Å². The number of halogens is 2. The lowest BCUT2D eigenvalue weighted by atomic mass is 9.86. The van der Waals surface area contributed by atoms with Crippen LogP contribution in [0.1, 0.15) is 18.4 Å². The summed E-state index contributed by atoms with van der Waals surface area (Å²) in [4.78, 5) is 11.8. The number of phenolic OH excluding ortho intramolecular Hbond substituents is 1. The highest BCUT2D eigenvalue weighted by molar-refractivity contribution is 6.37. The molecular formula is C18H18Cl2N2O3. The zero-order chi connectivity index (χ0) is 17.8. The highest BCUT2D eigenvalue weighted by Crippen LogP contribution is 2.36. The predicted octanol–water partition coefficient (Wildman–Crippen LogP) is 4.57. The normalized spacial score (nSPS) is 19.0. The molecule has 132 valence electrons. The Balaban J connectivity index is 1.40. The molecular weight excluding hydrogens is 363 g/mol. The molecule has 0 spiro atoms. The Morgan fingerprint density at radius 2 is 1.76 bits per heavy atom. The second-order valence-corrected chi connectivity index (χ2v) is 6.82. The summed E-state index contributed by atoms with van der Waals surface area (Å²) in [6, 6.07) is 13.1. The number of rotatable bonds is 5. The van der Waals surface area contributed by atoms with Gasteiger partial charge in [-0.25, -0.2) is 4.79 Å². The van der Waals surface area contributed by atoms with Gasteiger partial charge in [-0.1, -0.05) is 53.5 Å². The molecule has 0 aromatic heterocycles. The van der Waals surface area contributed by atoms with Crippen LogP contribution < -0.4 is 10.6 Å². The first-order valence-corrected chi connectivity index (χ1v) is 8.68. The number of benzene rings is 2. The summed E-state index contributed by atoms with van der Waals surface area (Å²) in [5.41, 5.74) is 1.69. The third-order valence-corrected chi connectivity index (χ3v) is 4.64. The third kappa shape index (κ3) is 4.71. The molecule has 7 heteroatoms. The minimum Gasteiger partial charge on any atom is -0.505 e. The SMILES string of the molecule is O=C(NC1CC(Nc2cc(Cl)c(O)c(Cl)c2)C1)OCc1ccccc1. The number of ether oxygens (including phenoxy) is 1. The lowest BCUT2D eigenvalue weighted by Gasteiger charge is -2.36. The van der Waals surface area contributed by atoms with Gasteiger partial charge in [0.25, 0.3) is 0 Å². The summed E-state index contributed by atoms with van der Waals surface area (Å²) in [7, 11) is 0. The molecule has 25 heavy (non-hydrogen) atoms. The maximum Gasteiger partial charge on any atom is 0.407 e. The first-order valence-electron chi connectivity index (χ1n) is 7.93. The molecule has 2 aromatic rings. The van der Waals surface area contributed by atoms with E-state index in [0.717, 1.165) is 24.1 Å². The van der Waals surface area contributed by atoms with Crippen LogP contribution in [0.15, 0.2) is 42.5 Å². The van der Waals surface area contributed by atoms with Crippen LogP contribution in [0.4, 0.5) is 10.5 Å². The van der Waals surface area contributed by atoms with E-state index in [1.165, 1.54) is 0 Å².